The van der Waals surface area contributed by atoms with Gasteiger partial charge in [0.1, 0.15) is 0 Å². The van der Waals surface area contributed by atoms with Gasteiger partial charge in [-0.25, -0.2) is 0 Å². The Hall–Kier alpha value is -2.85. The number of benzene rings is 3. The fourth-order valence-electron chi connectivity index (χ4n) is 5.34. The summed E-state index contributed by atoms with van der Waals surface area (Å²) in [5.41, 5.74) is 9.76. The Morgan fingerprint density at radius 3 is 1.89 bits per heavy atom. The van der Waals surface area contributed by atoms with E-state index in [4.69, 9.17) is 4.98 Å². The number of pyridine rings is 2. The number of aromatic nitrogens is 2. The summed E-state index contributed by atoms with van der Waals surface area (Å²) in [7, 11) is 0. The number of nitrogens with zero attached hydrogens (tertiary/aromatic N) is 2. The molecule has 2 heterocycles. The molecule has 0 bridgehead atoms. The van der Waals surface area contributed by atoms with E-state index in [0.29, 0.717) is 0 Å². The van der Waals surface area contributed by atoms with Gasteiger partial charge >= 0.3 is 153 Å². The van der Waals surface area contributed by atoms with E-state index in [0.717, 1.165) is 22.5 Å². The maximum absolute atomic E-state index is 4.78. The maximum Gasteiger partial charge on any atom is 0.0160 e. The standard InChI is InChI=1S/C23H24GeN.C11H8N.Ir/c1-23(2)20-17(12-9-13-19(20)24(3,4)5)18-14-15-25-22(21(18)23)16-10-7-6-8-11-16;1-2-6-10(7-3-1)11-8-4-5-9-12-11;/h6-10,12-15H,1-5H3;1-6,8-9H;/q2*-1;. The third kappa shape index (κ3) is 5.47. The van der Waals surface area contributed by atoms with Crippen molar-refractivity contribution in [1.82, 2.24) is 9.97 Å². The Labute approximate surface area is 243 Å². The van der Waals surface area contributed by atoms with Crippen molar-refractivity contribution in [2.24, 2.45) is 0 Å². The Morgan fingerprint density at radius 1 is 0.632 bits per heavy atom. The van der Waals surface area contributed by atoms with Crippen LogP contribution in [-0.2, 0) is 25.5 Å². The van der Waals surface area contributed by atoms with Gasteiger partial charge in [-0.15, -0.1) is 35.9 Å². The molecule has 38 heavy (non-hydrogen) atoms. The maximum atomic E-state index is 4.78. The predicted octanol–water partition coefficient (Wildman–Crippen LogP) is 7.95. The van der Waals surface area contributed by atoms with E-state index in [1.807, 2.05) is 60.8 Å². The summed E-state index contributed by atoms with van der Waals surface area (Å²) >= 11 is -1.99. The normalized spacial score (nSPS) is 12.9. The molecule has 3 aromatic carbocycles. The minimum absolute atomic E-state index is 0. The van der Waals surface area contributed by atoms with E-state index in [9.17, 15) is 0 Å². The summed E-state index contributed by atoms with van der Waals surface area (Å²) in [5, 5.41) is 0. The largest absolute Gasteiger partial charge is 0.305 e. The quantitative estimate of drug-likeness (QED) is 0.139. The van der Waals surface area contributed by atoms with Crippen LogP contribution in [0.5, 0.6) is 0 Å². The molecule has 0 spiro atoms. The molecule has 0 atom stereocenters. The van der Waals surface area contributed by atoms with Gasteiger partial charge in [-0.05, 0) is 11.8 Å². The molecule has 4 heteroatoms. The smallest absolute Gasteiger partial charge is 0.0160 e. The van der Waals surface area contributed by atoms with E-state index in [-0.39, 0.29) is 25.5 Å². The molecule has 1 radical (unpaired) electrons. The Kier molecular flexibility index (Phi) is 8.52. The molecule has 6 rings (SSSR count). The van der Waals surface area contributed by atoms with Crippen molar-refractivity contribution in [3.05, 3.63) is 127 Å². The Bertz CT molecular complexity index is 1470. The van der Waals surface area contributed by atoms with Gasteiger partial charge in [0.2, 0.25) is 0 Å². The molecule has 1 aliphatic rings. The van der Waals surface area contributed by atoms with Crippen molar-refractivity contribution >= 4 is 17.7 Å². The second-order valence-electron chi connectivity index (χ2n) is 11.0. The average molecular weight is 733 g/mol. The van der Waals surface area contributed by atoms with Crippen molar-refractivity contribution in [1.29, 1.82) is 0 Å². The van der Waals surface area contributed by atoms with Gasteiger partial charge in [0.05, 0.1) is 0 Å². The molecule has 0 amide bonds. The zero-order chi connectivity index (χ0) is 26.0. The van der Waals surface area contributed by atoms with E-state index >= 15 is 0 Å². The summed E-state index contributed by atoms with van der Waals surface area (Å²) in [4.78, 5) is 8.99. The molecule has 0 fully saturated rings. The van der Waals surface area contributed by atoms with Crippen LogP contribution in [0.1, 0.15) is 25.0 Å². The second-order valence-corrected chi connectivity index (χ2v) is 21.5. The third-order valence-corrected chi connectivity index (χ3v) is 11.2. The molecule has 1 aliphatic carbocycles. The topological polar surface area (TPSA) is 25.8 Å². The Morgan fingerprint density at radius 2 is 1.29 bits per heavy atom. The van der Waals surface area contributed by atoms with Crippen LogP contribution in [0.4, 0.5) is 0 Å². The van der Waals surface area contributed by atoms with Crippen molar-refractivity contribution in [3.8, 4) is 33.6 Å². The molecule has 0 aliphatic heterocycles. The van der Waals surface area contributed by atoms with Crippen LogP contribution in [0.3, 0.4) is 0 Å². The van der Waals surface area contributed by atoms with E-state index < -0.39 is 13.3 Å². The fourth-order valence-corrected chi connectivity index (χ4v) is 9.10. The second kappa shape index (κ2) is 11.5. The third-order valence-electron chi connectivity index (χ3n) is 6.98. The average Bonchev–Trinajstić information content (AvgIpc) is 3.17. The Balaban J connectivity index is 0.000000218. The molecule has 0 saturated carbocycles. The number of hydrogen-bond donors (Lipinski definition) is 0. The first-order valence-electron chi connectivity index (χ1n) is 12.8. The van der Waals surface area contributed by atoms with Crippen LogP contribution in [0.15, 0.2) is 103 Å². The molecule has 5 aromatic rings. The van der Waals surface area contributed by atoms with Crippen molar-refractivity contribution in [3.63, 3.8) is 0 Å². The minimum Gasteiger partial charge on any atom is -0.305 e. The minimum atomic E-state index is -1.99. The zero-order valence-corrected chi connectivity index (χ0v) is 27.0. The van der Waals surface area contributed by atoms with E-state index in [1.54, 1.807) is 10.6 Å². The monoisotopic (exact) mass is 735 g/mol. The fraction of sp³-hybridized carbons (Fsp3) is 0.176. The first-order valence-corrected chi connectivity index (χ1v) is 20.1. The summed E-state index contributed by atoms with van der Waals surface area (Å²) in [6, 6.07) is 37.4. The molecule has 2 aromatic heterocycles. The van der Waals surface area contributed by atoms with Crippen molar-refractivity contribution < 1.29 is 20.1 Å². The van der Waals surface area contributed by atoms with Crippen LogP contribution in [0.25, 0.3) is 33.6 Å². The molecule has 2 nitrogen and oxygen atoms in total. The van der Waals surface area contributed by atoms with Gasteiger partial charge in [0.25, 0.3) is 0 Å². The van der Waals surface area contributed by atoms with Gasteiger partial charge in [0.15, 0.2) is 0 Å². The van der Waals surface area contributed by atoms with Gasteiger partial charge in [-0.3, -0.25) is 0 Å². The first kappa shape index (κ1) is 28.2. The zero-order valence-electron chi connectivity index (χ0n) is 22.5. The van der Waals surface area contributed by atoms with Crippen LogP contribution in [0.2, 0.25) is 17.3 Å². The van der Waals surface area contributed by atoms with Crippen LogP contribution >= 0.6 is 0 Å². The number of fused-ring (bicyclic) bond motifs is 3. The van der Waals surface area contributed by atoms with Crippen molar-refractivity contribution in [2.45, 2.75) is 36.5 Å². The van der Waals surface area contributed by atoms with Crippen LogP contribution in [-0.4, -0.2) is 23.2 Å². The van der Waals surface area contributed by atoms with Crippen LogP contribution in [0, 0.1) is 12.1 Å². The van der Waals surface area contributed by atoms with Gasteiger partial charge in [0, 0.05) is 26.3 Å². The molecular weight excluding hydrogens is 701 g/mol. The van der Waals surface area contributed by atoms with E-state index in [1.165, 1.54) is 22.3 Å². The molecule has 193 valence electrons. The summed E-state index contributed by atoms with van der Waals surface area (Å²) in [6.45, 7) is 4.73. The van der Waals surface area contributed by atoms with Gasteiger partial charge < -0.3 is 4.98 Å². The summed E-state index contributed by atoms with van der Waals surface area (Å²) in [5.74, 6) is 7.45. The van der Waals surface area contributed by atoms with Gasteiger partial charge in [-0.2, -0.15) is 0 Å². The van der Waals surface area contributed by atoms with Crippen LogP contribution < -0.4 is 4.40 Å². The molecule has 0 saturated heterocycles. The molecule has 0 unspecified atom stereocenters. The predicted molar refractivity (Wildman–Crippen MR) is 158 cm³/mol. The molecular formula is C34H32GeIrN2-2. The SMILES string of the molecule is CC1(C)c2c(ccc[c]2[Ge]([CH3])([CH3])[CH3])-c2ccnc(-c3[c-]cccc3)c21.[Ir].[c-]1ccccc1-c1ccccn1. The van der Waals surface area contributed by atoms with Crippen molar-refractivity contribution in [2.75, 3.05) is 0 Å². The van der Waals surface area contributed by atoms with Gasteiger partial charge in [-0.1, -0.05) is 12.1 Å². The number of rotatable bonds is 3. The summed E-state index contributed by atoms with van der Waals surface area (Å²) in [6.07, 6.45) is 3.74. The first-order chi connectivity index (χ1) is 17.8. The van der Waals surface area contributed by atoms with E-state index in [2.05, 4.69) is 84.6 Å². The molecule has 0 N–H and O–H groups in total. The number of hydrogen-bond acceptors (Lipinski definition) is 2. The summed E-state index contributed by atoms with van der Waals surface area (Å²) < 4.78 is 1.61.